The normalized spacial score (nSPS) is 19.9. The fraction of sp³-hybridized carbons (Fsp3) is 0.211. The molecule has 0 amide bonds. The monoisotopic (exact) mass is 322 g/mol. The lowest BCUT2D eigenvalue weighted by atomic mass is 9.90. The van der Waals surface area contributed by atoms with Crippen molar-refractivity contribution in [3.05, 3.63) is 65.4 Å². The number of aliphatic carboxylic acids is 1. The molecular weight excluding hydrogens is 304 g/mol. The van der Waals surface area contributed by atoms with Crippen LogP contribution in [0.5, 0.6) is 5.75 Å². The molecule has 0 unspecified atom stereocenters. The number of benzene rings is 2. The third-order valence-electron chi connectivity index (χ3n) is 4.64. The van der Waals surface area contributed by atoms with Gasteiger partial charge in [0.15, 0.2) is 0 Å². The first kappa shape index (κ1) is 14.8. The molecule has 0 fully saturated rings. The summed E-state index contributed by atoms with van der Waals surface area (Å²) in [5.74, 6) is -0.0803. The molecule has 0 bridgehead atoms. The lowest BCUT2D eigenvalue weighted by molar-refractivity contribution is -0.139. The molecule has 1 aliphatic heterocycles. The summed E-state index contributed by atoms with van der Waals surface area (Å²) in [7, 11) is 1.63. The van der Waals surface area contributed by atoms with Gasteiger partial charge in [-0.15, -0.1) is 0 Å². The maximum absolute atomic E-state index is 11.6. The zero-order valence-corrected chi connectivity index (χ0v) is 13.2. The number of fused-ring (bicyclic) bond motifs is 3. The number of carbonyl (C=O) groups is 1. The van der Waals surface area contributed by atoms with E-state index in [0.717, 1.165) is 33.5 Å². The number of hydrogen-bond acceptors (Lipinski definition) is 3. The van der Waals surface area contributed by atoms with E-state index in [1.54, 1.807) is 7.11 Å². The SMILES string of the molecule is COc1cccc([C@@H]2N[C@H](C(=O)O)Cc3c2[nH]c2ccccc32)c1. The first-order valence-corrected chi connectivity index (χ1v) is 7.89. The molecule has 0 spiro atoms. The van der Waals surface area contributed by atoms with E-state index in [2.05, 4.69) is 10.3 Å². The predicted molar refractivity (Wildman–Crippen MR) is 91.4 cm³/mol. The van der Waals surface area contributed by atoms with Crippen LogP contribution in [0.15, 0.2) is 48.5 Å². The largest absolute Gasteiger partial charge is 0.497 e. The van der Waals surface area contributed by atoms with E-state index in [9.17, 15) is 9.90 Å². The highest BCUT2D eigenvalue weighted by Gasteiger charge is 2.33. The number of hydrogen-bond donors (Lipinski definition) is 3. The van der Waals surface area contributed by atoms with Gasteiger partial charge < -0.3 is 14.8 Å². The molecule has 0 saturated carbocycles. The number of methoxy groups -OCH3 is 1. The van der Waals surface area contributed by atoms with Crippen molar-refractivity contribution < 1.29 is 14.6 Å². The summed E-state index contributed by atoms with van der Waals surface area (Å²) >= 11 is 0. The molecule has 2 atom stereocenters. The van der Waals surface area contributed by atoms with Gasteiger partial charge in [0, 0.05) is 23.0 Å². The number of carboxylic acids is 1. The van der Waals surface area contributed by atoms with Gasteiger partial charge in [0.2, 0.25) is 0 Å². The molecule has 2 heterocycles. The third kappa shape index (κ3) is 2.34. The van der Waals surface area contributed by atoms with Gasteiger partial charge in [0.25, 0.3) is 0 Å². The third-order valence-corrected chi connectivity index (χ3v) is 4.64. The van der Waals surface area contributed by atoms with Gasteiger partial charge in [0.05, 0.1) is 13.2 Å². The number of carboxylic acid groups (broad SMARTS) is 1. The Balaban J connectivity index is 1.89. The summed E-state index contributed by atoms with van der Waals surface area (Å²) in [5.41, 5.74) is 4.11. The van der Waals surface area contributed by atoms with Crippen LogP contribution in [0.3, 0.4) is 0 Å². The molecule has 1 aliphatic rings. The molecule has 24 heavy (non-hydrogen) atoms. The van der Waals surface area contributed by atoms with Crippen LogP contribution in [-0.2, 0) is 11.2 Å². The molecule has 5 heteroatoms. The summed E-state index contributed by atoms with van der Waals surface area (Å²) < 4.78 is 5.31. The number of ether oxygens (including phenoxy) is 1. The molecule has 3 N–H and O–H groups in total. The smallest absolute Gasteiger partial charge is 0.321 e. The first-order chi connectivity index (χ1) is 11.7. The van der Waals surface area contributed by atoms with Crippen LogP contribution in [0.2, 0.25) is 0 Å². The molecule has 4 rings (SSSR count). The van der Waals surface area contributed by atoms with Gasteiger partial charge >= 0.3 is 5.97 Å². The second-order valence-corrected chi connectivity index (χ2v) is 6.03. The fourth-order valence-electron chi connectivity index (χ4n) is 3.48. The molecule has 0 saturated heterocycles. The standard InChI is InChI=1S/C19H18N2O3/c1-24-12-6-4-5-11(9-12)17-18-14(10-16(21-17)19(22)23)13-7-2-3-8-15(13)20-18/h2-9,16-17,20-21H,10H2,1H3,(H,22,23)/t16-,17-/m0/s1. The van der Waals surface area contributed by atoms with E-state index in [1.165, 1.54) is 0 Å². The molecular formula is C19H18N2O3. The Morgan fingerprint density at radius 2 is 2.04 bits per heavy atom. The second-order valence-electron chi connectivity index (χ2n) is 6.03. The van der Waals surface area contributed by atoms with Crippen molar-refractivity contribution in [3.8, 4) is 5.75 Å². The number of aromatic nitrogens is 1. The van der Waals surface area contributed by atoms with E-state index >= 15 is 0 Å². The Hall–Kier alpha value is -2.79. The highest BCUT2D eigenvalue weighted by molar-refractivity contribution is 5.87. The number of rotatable bonds is 3. The van der Waals surface area contributed by atoms with Crippen molar-refractivity contribution in [2.45, 2.75) is 18.5 Å². The first-order valence-electron chi connectivity index (χ1n) is 7.89. The molecule has 122 valence electrons. The van der Waals surface area contributed by atoms with E-state index in [4.69, 9.17) is 4.74 Å². The minimum Gasteiger partial charge on any atom is -0.497 e. The van der Waals surface area contributed by atoms with E-state index in [0.29, 0.717) is 6.42 Å². The summed E-state index contributed by atoms with van der Waals surface area (Å²) in [6.07, 6.45) is 0.467. The Morgan fingerprint density at radius 3 is 2.83 bits per heavy atom. The number of nitrogens with one attached hydrogen (secondary N) is 2. The van der Waals surface area contributed by atoms with E-state index < -0.39 is 12.0 Å². The molecule has 5 nitrogen and oxygen atoms in total. The zero-order valence-electron chi connectivity index (χ0n) is 13.2. The van der Waals surface area contributed by atoms with Gasteiger partial charge in [0.1, 0.15) is 11.8 Å². The van der Waals surface area contributed by atoms with Crippen molar-refractivity contribution in [2.24, 2.45) is 0 Å². The van der Waals surface area contributed by atoms with Gasteiger partial charge in [-0.25, -0.2) is 0 Å². The van der Waals surface area contributed by atoms with E-state index in [-0.39, 0.29) is 6.04 Å². The Morgan fingerprint density at radius 1 is 1.21 bits per heavy atom. The second kappa shape index (κ2) is 5.69. The van der Waals surface area contributed by atoms with Crippen molar-refractivity contribution in [2.75, 3.05) is 7.11 Å². The molecule has 0 radical (unpaired) electrons. The summed E-state index contributed by atoms with van der Waals surface area (Å²) in [6, 6.07) is 14.9. The maximum atomic E-state index is 11.6. The Labute approximate surface area is 139 Å². The van der Waals surface area contributed by atoms with Gasteiger partial charge in [-0.1, -0.05) is 30.3 Å². The van der Waals surface area contributed by atoms with E-state index in [1.807, 2.05) is 48.5 Å². The highest BCUT2D eigenvalue weighted by Crippen LogP contribution is 2.35. The van der Waals surface area contributed by atoms with Crippen LogP contribution in [0.25, 0.3) is 10.9 Å². The van der Waals surface area contributed by atoms with Crippen LogP contribution in [0, 0.1) is 0 Å². The summed E-state index contributed by atoms with van der Waals surface area (Å²) in [5, 5.41) is 13.9. The van der Waals surface area contributed by atoms with Crippen molar-refractivity contribution in [1.29, 1.82) is 0 Å². The average Bonchev–Trinajstić information content (AvgIpc) is 2.99. The Bertz CT molecular complexity index is 916. The van der Waals surface area contributed by atoms with Crippen LogP contribution in [0.4, 0.5) is 0 Å². The number of H-pyrrole nitrogens is 1. The van der Waals surface area contributed by atoms with Gasteiger partial charge in [-0.2, -0.15) is 0 Å². The van der Waals surface area contributed by atoms with Gasteiger partial charge in [-0.3, -0.25) is 10.1 Å². The maximum Gasteiger partial charge on any atom is 0.321 e. The van der Waals surface area contributed by atoms with Crippen LogP contribution in [0.1, 0.15) is 22.9 Å². The number of aromatic amines is 1. The van der Waals surface area contributed by atoms with Crippen LogP contribution < -0.4 is 10.1 Å². The van der Waals surface area contributed by atoms with Crippen molar-refractivity contribution in [3.63, 3.8) is 0 Å². The molecule has 0 aliphatic carbocycles. The van der Waals surface area contributed by atoms with Crippen molar-refractivity contribution >= 4 is 16.9 Å². The van der Waals surface area contributed by atoms with Crippen LogP contribution >= 0.6 is 0 Å². The average molecular weight is 322 g/mol. The van der Waals surface area contributed by atoms with Gasteiger partial charge in [-0.05, 0) is 29.3 Å². The summed E-state index contributed by atoms with van der Waals surface area (Å²) in [4.78, 5) is 15.1. The lowest BCUT2D eigenvalue weighted by Crippen LogP contribution is -2.44. The number of para-hydroxylation sites is 1. The quantitative estimate of drug-likeness (QED) is 0.693. The lowest BCUT2D eigenvalue weighted by Gasteiger charge is -2.29. The van der Waals surface area contributed by atoms with Crippen LogP contribution in [-0.4, -0.2) is 29.2 Å². The molecule has 1 aromatic heterocycles. The minimum absolute atomic E-state index is 0.211. The summed E-state index contributed by atoms with van der Waals surface area (Å²) in [6.45, 7) is 0. The fourth-order valence-corrected chi connectivity index (χ4v) is 3.48. The molecule has 3 aromatic rings. The minimum atomic E-state index is -0.834. The highest BCUT2D eigenvalue weighted by atomic mass is 16.5. The predicted octanol–water partition coefficient (Wildman–Crippen LogP) is 2.86. The molecule has 2 aromatic carbocycles. The van der Waals surface area contributed by atoms with Crippen molar-refractivity contribution in [1.82, 2.24) is 10.3 Å². The Kier molecular flexibility index (Phi) is 3.50. The topological polar surface area (TPSA) is 74.3 Å². The zero-order chi connectivity index (χ0) is 16.7.